The van der Waals surface area contributed by atoms with Gasteiger partial charge in [0.1, 0.15) is 11.5 Å². The van der Waals surface area contributed by atoms with Gasteiger partial charge in [-0.1, -0.05) is 6.08 Å². The minimum Gasteiger partial charge on any atom is -0.477 e. The van der Waals surface area contributed by atoms with Gasteiger partial charge in [-0.15, -0.1) is 0 Å². The molecule has 5 rings (SSSR count). The summed E-state index contributed by atoms with van der Waals surface area (Å²) < 4.78 is 7.68. The van der Waals surface area contributed by atoms with Crippen molar-refractivity contribution >= 4 is 23.7 Å². The van der Waals surface area contributed by atoms with Crippen LogP contribution in [0, 0.1) is 0 Å². The fourth-order valence-electron chi connectivity index (χ4n) is 3.87. The van der Waals surface area contributed by atoms with Crippen molar-refractivity contribution in [2.75, 3.05) is 0 Å². The highest BCUT2D eigenvalue weighted by atomic mass is 16.4. The van der Waals surface area contributed by atoms with Crippen molar-refractivity contribution in [3.05, 3.63) is 40.6 Å². The SMILES string of the molecule is O=C(O)C1=CC[C@@H]2C(=Cc3cc4oc5c(n4n3)CCCC5)C(=O)N12. The zero-order valence-electron chi connectivity index (χ0n) is 12.9. The summed E-state index contributed by atoms with van der Waals surface area (Å²) in [5.74, 6) is -0.297. The van der Waals surface area contributed by atoms with Crippen molar-refractivity contribution in [2.24, 2.45) is 0 Å². The summed E-state index contributed by atoms with van der Waals surface area (Å²) in [5.41, 5.74) is 3.19. The number of aryl methyl sites for hydroxylation is 2. The van der Waals surface area contributed by atoms with Gasteiger partial charge in [0.15, 0.2) is 0 Å². The largest absolute Gasteiger partial charge is 0.477 e. The number of carbonyl (C=O) groups excluding carboxylic acids is 1. The molecule has 1 aliphatic carbocycles. The normalized spacial score (nSPS) is 24.1. The van der Waals surface area contributed by atoms with Gasteiger partial charge < -0.3 is 9.52 Å². The van der Waals surface area contributed by atoms with E-state index in [1.54, 1.807) is 12.2 Å². The molecular weight excluding hydrogens is 310 g/mol. The Morgan fingerprint density at radius 3 is 3.04 bits per heavy atom. The zero-order chi connectivity index (χ0) is 16.4. The number of carbonyl (C=O) groups is 2. The van der Waals surface area contributed by atoms with Gasteiger partial charge in [-0.05, 0) is 31.8 Å². The first kappa shape index (κ1) is 13.6. The highest BCUT2D eigenvalue weighted by Crippen LogP contribution is 2.39. The molecule has 0 unspecified atom stereocenters. The van der Waals surface area contributed by atoms with E-state index in [0.717, 1.165) is 37.1 Å². The Balaban J connectivity index is 1.47. The molecule has 24 heavy (non-hydrogen) atoms. The molecule has 0 spiro atoms. The standard InChI is InChI=1S/C17H15N3O4/c21-16-10(11-5-6-13(17(22)23)19(11)16)7-9-8-15-20(18-9)12-3-1-2-4-14(12)24-15/h6-8,11H,1-5H2,(H,22,23)/t11-/m1/s1. The Bertz CT molecular complexity index is 962. The third kappa shape index (κ3) is 1.69. The number of hydrogen-bond donors (Lipinski definition) is 1. The molecule has 0 bridgehead atoms. The summed E-state index contributed by atoms with van der Waals surface area (Å²) >= 11 is 0. The molecule has 4 heterocycles. The van der Waals surface area contributed by atoms with E-state index in [9.17, 15) is 9.59 Å². The van der Waals surface area contributed by atoms with Crippen molar-refractivity contribution < 1.29 is 19.1 Å². The molecule has 1 atom stereocenters. The van der Waals surface area contributed by atoms with Crippen molar-refractivity contribution in [3.8, 4) is 0 Å². The minimum absolute atomic E-state index is 0.0785. The molecule has 2 aliphatic heterocycles. The van der Waals surface area contributed by atoms with Crippen molar-refractivity contribution in [3.63, 3.8) is 0 Å². The Kier molecular flexibility index (Phi) is 2.60. The fourth-order valence-corrected chi connectivity index (χ4v) is 3.87. The molecule has 0 aromatic carbocycles. The van der Waals surface area contributed by atoms with E-state index in [4.69, 9.17) is 9.52 Å². The van der Waals surface area contributed by atoms with Crippen LogP contribution in [0.5, 0.6) is 0 Å². The van der Waals surface area contributed by atoms with Crippen LogP contribution in [0.1, 0.15) is 36.4 Å². The molecule has 122 valence electrons. The van der Waals surface area contributed by atoms with Crippen molar-refractivity contribution in [1.29, 1.82) is 0 Å². The summed E-state index contributed by atoms with van der Waals surface area (Å²) in [6, 6.07) is 1.66. The number of nitrogens with zero attached hydrogens (tertiary/aromatic N) is 3. The van der Waals surface area contributed by atoms with Gasteiger partial charge in [-0.2, -0.15) is 5.10 Å². The van der Waals surface area contributed by atoms with Crippen LogP contribution in [0.2, 0.25) is 0 Å². The fraction of sp³-hybridized carbons (Fsp3) is 0.353. The van der Waals surface area contributed by atoms with E-state index in [0.29, 0.717) is 23.4 Å². The summed E-state index contributed by atoms with van der Waals surface area (Å²) in [6.45, 7) is 0. The summed E-state index contributed by atoms with van der Waals surface area (Å²) in [5, 5.41) is 13.7. The van der Waals surface area contributed by atoms with Crippen LogP contribution >= 0.6 is 0 Å². The second-order valence-corrected chi connectivity index (χ2v) is 6.42. The van der Waals surface area contributed by atoms with Crippen molar-refractivity contribution in [1.82, 2.24) is 14.5 Å². The monoisotopic (exact) mass is 325 g/mol. The number of aliphatic carboxylic acids is 1. The van der Waals surface area contributed by atoms with Gasteiger partial charge >= 0.3 is 5.97 Å². The topological polar surface area (TPSA) is 88.0 Å². The van der Waals surface area contributed by atoms with Crippen LogP contribution in [0.4, 0.5) is 0 Å². The van der Waals surface area contributed by atoms with Crippen LogP contribution in [-0.2, 0) is 22.4 Å². The van der Waals surface area contributed by atoms with Gasteiger partial charge in [0.2, 0.25) is 5.71 Å². The number of amides is 1. The summed E-state index contributed by atoms with van der Waals surface area (Å²) in [7, 11) is 0. The maximum Gasteiger partial charge on any atom is 0.352 e. The molecule has 2 aromatic heterocycles. The number of β-lactam (4-membered cyclic amide) rings is 1. The summed E-state index contributed by atoms with van der Waals surface area (Å²) in [6.07, 6.45) is 8.08. The average Bonchev–Trinajstić information content (AvgIpc) is 3.22. The first-order valence-electron chi connectivity index (χ1n) is 8.12. The molecule has 1 fully saturated rings. The second-order valence-electron chi connectivity index (χ2n) is 6.42. The number of aromatic nitrogens is 2. The number of oxazole rings is 1. The van der Waals surface area contributed by atoms with E-state index < -0.39 is 5.97 Å². The molecule has 0 saturated carbocycles. The maximum atomic E-state index is 12.2. The summed E-state index contributed by atoms with van der Waals surface area (Å²) in [4.78, 5) is 24.7. The Morgan fingerprint density at radius 2 is 2.21 bits per heavy atom. The van der Waals surface area contributed by atoms with Crippen LogP contribution in [0.15, 0.2) is 27.8 Å². The van der Waals surface area contributed by atoms with Crippen LogP contribution in [0.3, 0.4) is 0 Å². The molecule has 1 saturated heterocycles. The lowest BCUT2D eigenvalue weighted by molar-refractivity contribution is -0.142. The molecular formula is C17H15N3O4. The van der Waals surface area contributed by atoms with Gasteiger partial charge in [-0.25, -0.2) is 9.31 Å². The number of rotatable bonds is 2. The van der Waals surface area contributed by atoms with Gasteiger partial charge in [0.05, 0.1) is 17.4 Å². The van der Waals surface area contributed by atoms with Gasteiger partial charge in [0, 0.05) is 18.1 Å². The van der Waals surface area contributed by atoms with E-state index in [1.165, 1.54) is 4.90 Å². The maximum absolute atomic E-state index is 12.2. The van der Waals surface area contributed by atoms with Crippen molar-refractivity contribution in [2.45, 2.75) is 38.1 Å². The first-order chi connectivity index (χ1) is 11.6. The lowest BCUT2D eigenvalue weighted by Gasteiger charge is -2.38. The number of carboxylic acid groups (broad SMARTS) is 1. The highest BCUT2D eigenvalue weighted by Gasteiger charge is 2.48. The lowest BCUT2D eigenvalue weighted by Crippen LogP contribution is -2.52. The molecule has 3 aliphatic rings. The van der Waals surface area contributed by atoms with Crippen LogP contribution in [0.25, 0.3) is 11.8 Å². The van der Waals surface area contributed by atoms with Crippen LogP contribution in [-0.4, -0.2) is 37.5 Å². The number of hydrogen-bond acceptors (Lipinski definition) is 4. The third-order valence-electron chi connectivity index (χ3n) is 5.02. The van der Waals surface area contributed by atoms with E-state index in [-0.39, 0.29) is 17.6 Å². The Hall–Kier alpha value is -2.83. The minimum atomic E-state index is -1.06. The third-order valence-corrected chi connectivity index (χ3v) is 5.02. The lowest BCUT2D eigenvalue weighted by atomic mass is 9.93. The van der Waals surface area contributed by atoms with Gasteiger partial charge in [-0.3, -0.25) is 9.69 Å². The van der Waals surface area contributed by atoms with E-state index in [1.807, 2.05) is 10.6 Å². The molecule has 0 radical (unpaired) electrons. The predicted molar refractivity (Wildman–Crippen MR) is 83.0 cm³/mol. The Morgan fingerprint density at radius 1 is 1.38 bits per heavy atom. The zero-order valence-corrected chi connectivity index (χ0v) is 12.9. The Labute approximate surface area is 136 Å². The van der Waals surface area contributed by atoms with E-state index in [2.05, 4.69) is 5.10 Å². The van der Waals surface area contributed by atoms with Gasteiger partial charge in [0.25, 0.3) is 5.91 Å². The molecule has 2 aromatic rings. The number of carboxylic acids is 1. The highest BCUT2D eigenvalue weighted by molar-refractivity contribution is 6.11. The quantitative estimate of drug-likeness (QED) is 0.671. The molecule has 7 nitrogen and oxygen atoms in total. The smallest absolute Gasteiger partial charge is 0.352 e. The second kappa shape index (κ2) is 4.59. The van der Waals surface area contributed by atoms with Crippen LogP contribution < -0.4 is 0 Å². The molecule has 1 amide bonds. The first-order valence-corrected chi connectivity index (χ1v) is 8.12. The predicted octanol–water partition coefficient (Wildman–Crippen LogP) is 1.77. The molecule has 7 heteroatoms. The molecule has 1 N–H and O–H groups in total. The number of fused-ring (bicyclic) bond motifs is 4. The average molecular weight is 325 g/mol. The van der Waals surface area contributed by atoms with E-state index >= 15 is 0 Å².